The number of para-hydroxylation sites is 2. The number of amides is 1. The first kappa shape index (κ1) is 20.1. The predicted octanol–water partition coefficient (Wildman–Crippen LogP) is 2.62. The van der Waals surface area contributed by atoms with E-state index in [0.717, 1.165) is 17.8 Å². The van der Waals surface area contributed by atoms with Crippen LogP contribution >= 0.6 is 0 Å². The minimum absolute atomic E-state index is 0.0514. The van der Waals surface area contributed by atoms with Crippen LogP contribution in [-0.4, -0.2) is 42.3 Å². The molecule has 152 valence electrons. The lowest BCUT2D eigenvalue weighted by Gasteiger charge is -2.15. The zero-order valence-electron chi connectivity index (χ0n) is 16.5. The molecule has 1 amide bonds. The van der Waals surface area contributed by atoms with Crippen LogP contribution in [0.1, 0.15) is 28.7 Å². The van der Waals surface area contributed by atoms with Gasteiger partial charge in [0.1, 0.15) is 0 Å². The third-order valence-corrected chi connectivity index (χ3v) is 4.40. The van der Waals surface area contributed by atoms with Gasteiger partial charge in [-0.15, -0.1) is 0 Å². The van der Waals surface area contributed by atoms with E-state index in [1.54, 1.807) is 36.3 Å². The highest BCUT2D eigenvalue weighted by atomic mass is 16.6. The van der Waals surface area contributed by atoms with E-state index in [0.29, 0.717) is 6.54 Å². The maximum Gasteiger partial charge on any atom is 0.311 e. The monoisotopic (exact) mass is 398 g/mol. The molecule has 2 heterocycles. The summed E-state index contributed by atoms with van der Waals surface area (Å²) in [7, 11) is 1.70. The SMILES string of the molecule is CCn1cc(CN(C)C(=O)c2ccn(COc3ccccc3[N+](=O)[O-])n2)c(C)n1. The average Bonchev–Trinajstić information content (AvgIpc) is 3.32. The van der Waals surface area contributed by atoms with Crippen LogP contribution in [-0.2, 0) is 19.8 Å². The van der Waals surface area contributed by atoms with Gasteiger partial charge >= 0.3 is 5.69 Å². The predicted molar refractivity (Wildman–Crippen MR) is 104 cm³/mol. The lowest BCUT2D eigenvalue weighted by Crippen LogP contribution is -2.27. The first-order valence-electron chi connectivity index (χ1n) is 9.07. The van der Waals surface area contributed by atoms with Gasteiger partial charge in [0.2, 0.25) is 0 Å². The molecule has 10 heteroatoms. The maximum absolute atomic E-state index is 12.7. The van der Waals surface area contributed by atoms with Crippen LogP contribution in [0.5, 0.6) is 5.75 Å². The number of hydrogen-bond donors (Lipinski definition) is 0. The summed E-state index contributed by atoms with van der Waals surface area (Å²) in [5, 5.41) is 19.6. The molecule has 0 atom stereocenters. The van der Waals surface area contributed by atoms with Gasteiger partial charge < -0.3 is 9.64 Å². The molecule has 29 heavy (non-hydrogen) atoms. The van der Waals surface area contributed by atoms with E-state index in [1.165, 1.54) is 16.8 Å². The lowest BCUT2D eigenvalue weighted by atomic mass is 10.2. The van der Waals surface area contributed by atoms with Gasteiger partial charge in [0, 0.05) is 44.2 Å². The Morgan fingerprint density at radius 1 is 1.24 bits per heavy atom. The molecule has 3 aromatic rings. The molecule has 0 aliphatic carbocycles. The van der Waals surface area contributed by atoms with Crippen molar-refractivity contribution >= 4 is 11.6 Å². The normalized spacial score (nSPS) is 10.7. The Morgan fingerprint density at radius 2 is 2.00 bits per heavy atom. The van der Waals surface area contributed by atoms with Crippen LogP contribution in [0.15, 0.2) is 42.7 Å². The van der Waals surface area contributed by atoms with Crippen molar-refractivity contribution in [3.05, 3.63) is 69.8 Å². The molecular weight excluding hydrogens is 376 g/mol. The second-order valence-corrected chi connectivity index (χ2v) is 6.50. The van der Waals surface area contributed by atoms with E-state index < -0.39 is 4.92 Å². The number of nitro benzene ring substituents is 1. The molecule has 10 nitrogen and oxygen atoms in total. The van der Waals surface area contributed by atoms with Gasteiger partial charge in [-0.1, -0.05) is 12.1 Å². The van der Waals surface area contributed by atoms with Crippen LogP contribution in [0.25, 0.3) is 0 Å². The van der Waals surface area contributed by atoms with E-state index in [4.69, 9.17) is 4.74 Å². The molecule has 0 aliphatic heterocycles. The standard InChI is InChI=1S/C19H22N6O4/c1-4-23-12-15(14(2)20-23)11-22(3)19(26)16-9-10-24(21-16)13-29-18-8-6-5-7-17(18)25(27)28/h5-10,12H,4,11,13H2,1-3H3. The third-order valence-electron chi connectivity index (χ3n) is 4.40. The molecule has 0 N–H and O–H groups in total. The Labute approximate surface area is 167 Å². The van der Waals surface area contributed by atoms with E-state index in [1.807, 2.05) is 24.7 Å². The van der Waals surface area contributed by atoms with E-state index in [-0.39, 0.29) is 29.8 Å². The van der Waals surface area contributed by atoms with E-state index >= 15 is 0 Å². The largest absolute Gasteiger partial charge is 0.464 e. The number of aryl methyl sites for hydroxylation is 2. The Kier molecular flexibility index (Phi) is 5.91. The summed E-state index contributed by atoms with van der Waals surface area (Å²) >= 11 is 0. The fourth-order valence-electron chi connectivity index (χ4n) is 2.81. The van der Waals surface area contributed by atoms with Crippen molar-refractivity contribution in [2.24, 2.45) is 0 Å². The zero-order chi connectivity index (χ0) is 21.0. The molecular formula is C19H22N6O4. The highest BCUT2D eigenvalue weighted by molar-refractivity contribution is 5.91. The number of aromatic nitrogens is 4. The van der Waals surface area contributed by atoms with Crippen LogP contribution in [0.4, 0.5) is 5.69 Å². The third kappa shape index (κ3) is 4.60. The molecule has 0 fully saturated rings. The number of ether oxygens (including phenoxy) is 1. The molecule has 0 radical (unpaired) electrons. The van der Waals surface area contributed by atoms with Gasteiger partial charge in [0.15, 0.2) is 18.2 Å². The first-order chi connectivity index (χ1) is 13.9. The molecule has 0 bridgehead atoms. The minimum Gasteiger partial charge on any atom is -0.464 e. The quantitative estimate of drug-likeness (QED) is 0.426. The van der Waals surface area contributed by atoms with Crippen molar-refractivity contribution in [3.63, 3.8) is 0 Å². The van der Waals surface area contributed by atoms with Gasteiger partial charge in [-0.2, -0.15) is 10.2 Å². The number of nitrogens with zero attached hydrogens (tertiary/aromatic N) is 6. The fraction of sp³-hybridized carbons (Fsp3) is 0.316. The Morgan fingerprint density at radius 3 is 2.69 bits per heavy atom. The second-order valence-electron chi connectivity index (χ2n) is 6.50. The van der Waals surface area contributed by atoms with Crippen molar-refractivity contribution in [2.75, 3.05) is 7.05 Å². The summed E-state index contributed by atoms with van der Waals surface area (Å²) in [5.41, 5.74) is 2.00. The summed E-state index contributed by atoms with van der Waals surface area (Å²) in [6.07, 6.45) is 3.52. The summed E-state index contributed by atoms with van der Waals surface area (Å²) in [6.45, 7) is 5.05. The van der Waals surface area contributed by atoms with Crippen molar-refractivity contribution in [2.45, 2.75) is 33.7 Å². The average molecular weight is 398 g/mol. The molecule has 0 spiro atoms. The highest BCUT2D eigenvalue weighted by Gasteiger charge is 2.18. The highest BCUT2D eigenvalue weighted by Crippen LogP contribution is 2.26. The summed E-state index contributed by atoms with van der Waals surface area (Å²) in [4.78, 5) is 24.8. The zero-order valence-corrected chi connectivity index (χ0v) is 16.5. The second kappa shape index (κ2) is 8.55. The molecule has 1 aromatic carbocycles. The van der Waals surface area contributed by atoms with Crippen molar-refractivity contribution < 1.29 is 14.5 Å². The number of hydrogen-bond acceptors (Lipinski definition) is 6. The van der Waals surface area contributed by atoms with Crippen LogP contribution < -0.4 is 4.74 Å². The Bertz CT molecular complexity index is 1030. The molecule has 3 rings (SSSR count). The molecule has 0 saturated carbocycles. The summed E-state index contributed by atoms with van der Waals surface area (Å²) in [6, 6.07) is 7.69. The van der Waals surface area contributed by atoms with Crippen molar-refractivity contribution in [3.8, 4) is 5.75 Å². The Hall–Kier alpha value is -3.69. The minimum atomic E-state index is -0.509. The van der Waals surface area contributed by atoms with Gasteiger partial charge in [0.25, 0.3) is 5.91 Å². The summed E-state index contributed by atoms with van der Waals surface area (Å²) in [5.74, 6) is -0.0977. The number of rotatable bonds is 8. The van der Waals surface area contributed by atoms with Crippen molar-refractivity contribution in [1.29, 1.82) is 0 Å². The summed E-state index contributed by atoms with van der Waals surface area (Å²) < 4.78 is 8.73. The topological polar surface area (TPSA) is 108 Å². The molecule has 0 saturated heterocycles. The molecule has 0 unspecified atom stereocenters. The number of carbonyl (C=O) groups is 1. The van der Waals surface area contributed by atoms with Gasteiger partial charge in [-0.3, -0.25) is 19.6 Å². The maximum atomic E-state index is 12.7. The first-order valence-corrected chi connectivity index (χ1v) is 9.07. The number of nitro groups is 1. The van der Waals surface area contributed by atoms with Gasteiger partial charge in [-0.25, -0.2) is 4.68 Å². The Balaban J connectivity index is 1.64. The van der Waals surface area contributed by atoms with E-state index in [2.05, 4.69) is 10.2 Å². The van der Waals surface area contributed by atoms with Crippen molar-refractivity contribution in [1.82, 2.24) is 24.5 Å². The molecule has 2 aromatic heterocycles. The van der Waals surface area contributed by atoms with Crippen LogP contribution in [0.2, 0.25) is 0 Å². The van der Waals surface area contributed by atoms with Gasteiger partial charge in [0.05, 0.1) is 10.6 Å². The fourth-order valence-corrected chi connectivity index (χ4v) is 2.81. The van der Waals surface area contributed by atoms with Gasteiger partial charge in [-0.05, 0) is 26.0 Å². The lowest BCUT2D eigenvalue weighted by molar-refractivity contribution is -0.386. The van der Waals surface area contributed by atoms with Crippen LogP contribution in [0, 0.1) is 17.0 Å². The molecule has 0 aliphatic rings. The number of carbonyl (C=O) groups excluding carboxylic acids is 1. The number of benzene rings is 1. The van der Waals surface area contributed by atoms with Crippen LogP contribution in [0.3, 0.4) is 0 Å². The smallest absolute Gasteiger partial charge is 0.311 e. The van der Waals surface area contributed by atoms with E-state index in [9.17, 15) is 14.9 Å².